The fourth-order valence-corrected chi connectivity index (χ4v) is 1.93. The first kappa shape index (κ1) is 16.8. The number of benzene rings is 2. The van der Waals surface area contributed by atoms with E-state index in [1.807, 2.05) is 0 Å². The molecular weight excluding hydrogens is 301 g/mol. The minimum absolute atomic E-state index is 0.0102. The third-order valence-electron chi connectivity index (χ3n) is 3.17. The van der Waals surface area contributed by atoms with Gasteiger partial charge in [-0.3, -0.25) is 4.79 Å². The highest BCUT2D eigenvalue weighted by Gasteiger charge is 2.11. The van der Waals surface area contributed by atoms with Crippen molar-refractivity contribution in [3.63, 3.8) is 0 Å². The second-order valence-corrected chi connectivity index (χ2v) is 4.82. The normalized spacial score (nSPS) is 11.6. The van der Waals surface area contributed by atoms with Gasteiger partial charge in [0.2, 0.25) is 0 Å². The lowest BCUT2D eigenvalue weighted by atomic mass is 10.1. The van der Waals surface area contributed by atoms with Crippen LogP contribution in [0.2, 0.25) is 0 Å². The predicted molar refractivity (Wildman–Crippen MR) is 82.9 cm³/mol. The molecule has 0 spiro atoms. The molecule has 0 heterocycles. The molecule has 0 fully saturated rings. The van der Waals surface area contributed by atoms with Crippen molar-refractivity contribution < 1.29 is 23.8 Å². The van der Waals surface area contributed by atoms with E-state index in [-0.39, 0.29) is 18.9 Å². The number of para-hydroxylation sites is 1. The Morgan fingerprint density at radius 3 is 2.78 bits per heavy atom. The molecule has 0 saturated heterocycles. The Labute approximate surface area is 133 Å². The second-order valence-electron chi connectivity index (χ2n) is 4.82. The number of hydrogen-bond donors (Lipinski definition) is 2. The fourth-order valence-electron chi connectivity index (χ4n) is 1.93. The van der Waals surface area contributed by atoms with E-state index in [2.05, 4.69) is 5.32 Å². The monoisotopic (exact) mass is 319 g/mol. The van der Waals surface area contributed by atoms with E-state index in [4.69, 9.17) is 9.47 Å². The average Bonchev–Trinajstić information content (AvgIpc) is 2.59. The number of amides is 1. The molecule has 23 heavy (non-hydrogen) atoms. The van der Waals surface area contributed by atoms with E-state index in [0.717, 1.165) is 0 Å². The minimum Gasteiger partial charge on any atom is -0.497 e. The number of methoxy groups -OCH3 is 1. The third-order valence-corrected chi connectivity index (χ3v) is 3.17. The summed E-state index contributed by atoms with van der Waals surface area (Å²) in [5.74, 6) is -0.348. The standard InChI is InChI=1S/C17H18FNO4/c1-22-13-6-4-5-12(9-13)15(20)10-19-17(21)11-23-16-8-3-2-7-14(16)18/h2-9,15,20H,10-11H2,1H3,(H,19,21)/t15-/m0/s1. The van der Waals surface area contributed by atoms with Crippen molar-refractivity contribution in [1.29, 1.82) is 0 Å². The number of aliphatic hydroxyl groups excluding tert-OH is 1. The summed E-state index contributed by atoms with van der Waals surface area (Å²) in [6.45, 7) is -0.307. The molecule has 2 N–H and O–H groups in total. The maximum absolute atomic E-state index is 13.3. The molecule has 0 aliphatic carbocycles. The van der Waals surface area contributed by atoms with Crippen LogP contribution in [0.15, 0.2) is 48.5 Å². The van der Waals surface area contributed by atoms with Gasteiger partial charge in [0.15, 0.2) is 18.2 Å². The third kappa shape index (κ3) is 4.96. The molecule has 6 heteroatoms. The van der Waals surface area contributed by atoms with E-state index in [1.54, 1.807) is 30.3 Å². The Bertz CT molecular complexity index is 663. The number of aliphatic hydroxyl groups is 1. The second kappa shape index (κ2) is 8.14. The molecule has 2 aromatic rings. The Kier molecular flexibility index (Phi) is 5.94. The fraction of sp³-hybridized carbons (Fsp3) is 0.235. The van der Waals surface area contributed by atoms with Crippen LogP contribution in [0.4, 0.5) is 4.39 Å². The molecule has 1 atom stereocenters. The van der Waals surface area contributed by atoms with Gasteiger partial charge in [0.05, 0.1) is 13.2 Å². The van der Waals surface area contributed by atoms with Crippen molar-refractivity contribution in [2.75, 3.05) is 20.3 Å². The highest BCUT2D eigenvalue weighted by molar-refractivity contribution is 5.77. The lowest BCUT2D eigenvalue weighted by Crippen LogP contribution is -2.32. The van der Waals surface area contributed by atoms with Crippen LogP contribution in [-0.4, -0.2) is 31.3 Å². The summed E-state index contributed by atoms with van der Waals surface area (Å²) in [5.41, 5.74) is 0.625. The zero-order valence-corrected chi connectivity index (χ0v) is 12.7. The van der Waals surface area contributed by atoms with Crippen molar-refractivity contribution in [3.8, 4) is 11.5 Å². The first-order chi connectivity index (χ1) is 11.1. The van der Waals surface area contributed by atoms with Crippen molar-refractivity contribution >= 4 is 5.91 Å². The number of carbonyl (C=O) groups is 1. The molecule has 0 aromatic heterocycles. The molecule has 5 nitrogen and oxygen atoms in total. The summed E-state index contributed by atoms with van der Waals surface area (Å²) in [7, 11) is 1.54. The van der Waals surface area contributed by atoms with Crippen LogP contribution in [0.1, 0.15) is 11.7 Å². The summed E-state index contributed by atoms with van der Waals surface area (Å²) in [6.07, 6.45) is -0.873. The van der Waals surface area contributed by atoms with E-state index in [9.17, 15) is 14.3 Å². The van der Waals surface area contributed by atoms with Gasteiger partial charge in [-0.05, 0) is 29.8 Å². The Morgan fingerprint density at radius 2 is 2.04 bits per heavy atom. The molecule has 0 bridgehead atoms. The van der Waals surface area contributed by atoms with Crippen LogP contribution in [0.25, 0.3) is 0 Å². The van der Waals surface area contributed by atoms with Crippen LogP contribution in [0, 0.1) is 5.82 Å². The summed E-state index contributed by atoms with van der Waals surface area (Å²) < 4.78 is 23.5. The van der Waals surface area contributed by atoms with Crippen LogP contribution in [-0.2, 0) is 4.79 Å². The zero-order valence-electron chi connectivity index (χ0n) is 12.7. The lowest BCUT2D eigenvalue weighted by molar-refractivity contribution is -0.123. The summed E-state index contributed by atoms with van der Waals surface area (Å²) in [4.78, 5) is 11.7. The van der Waals surface area contributed by atoms with Crippen molar-refractivity contribution in [2.24, 2.45) is 0 Å². The Hall–Kier alpha value is -2.60. The zero-order chi connectivity index (χ0) is 16.7. The van der Waals surface area contributed by atoms with Gasteiger partial charge < -0.3 is 19.9 Å². The van der Waals surface area contributed by atoms with E-state index >= 15 is 0 Å². The topological polar surface area (TPSA) is 67.8 Å². The van der Waals surface area contributed by atoms with Gasteiger partial charge >= 0.3 is 0 Å². The van der Waals surface area contributed by atoms with E-state index in [0.29, 0.717) is 11.3 Å². The largest absolute Gasteiger partial charge is 0.497 e. The summed E-state index contributed by atoms with van der Waals surface area (Å²) in [5, 5.41) is 12.6. The molecule has 1 amide bonds. The maximum Gasteiger partial charge on any atom is 0.258 e. The number of halogens is 1. The average molecular weight is 319 g/mol. The lowest BCUT2D eigenvalue weighted by Gasteiger charge is -2.13. The minimum atomic E-state index is -0.873. The van der Waals surface area contributed by atoms with Crippen LogP contribution >= 0.6 is 0 Å². The predicted octanol–water partition coefficient (Wildman–Crippen LogP) is 2.06. The quantitative estimate of drug-likeness (QED) is 0.820. The molecule has 0 unspecified atom stereocenters. The number of ether oxygens (including phenoxy) is 2. The number of carbonyl (C=O) groups excluding carboxylic acids is 1. The molecule has 0 aliphatic heterocycles. The van der Waals surface area contributed by atoms with Gasteiger partial charge in [-0.25, -0.2) is 4.39 Å². The molecule has 0 aliphatic rings. The van der Waals surface area contributed by atoms with Gasteiger partial charge in [0.1, 0.15) is 5.75 Å². The smallest absolute Gasteiger partial charge is 0.258 e. The van der Waals surface area contributed by atoms with Gasteiger partial charge in [-0.2, -0.15) is 0 Å². The highest BCUT2D eigenvalue weighted by Crippen LogP contribution is 2.18. The van der Waals surface area contributed by atoms with Gasteiger partial charge in [-0.1, -0.05) is 24.3 Å². The SMILES string of the molecule is COc1cccc([C@@H](O)CNC(=O)COc2ccccc2F)c1. The van der Waals surface area contributed by atoms with Gasteiger partial charge in [0.25, 0.3) is 5.91 Å². The van der Waals surface area contributed by atoms with E-state index in [1.165, 1.54) is 25.3 Å². The molecule has 2 aromatic carbocycles. The molecule has 0 saturated carbocycles. The molecule has 2 rings (SSSR count). The Balaban J connectivity index is 1.80. The van der Waals surface area contributed by atoms with Gasteiger partial charge in [-0.15, -0.1) is 0 Å². The number of rotatable bonds is 7. The molecule has 0 radical (unpaired) electrons. The summed E-state index contributed by atoms with van der Waals surface area (Å²) >= 11 is 0. The van der Waals surface area contributed by atoms with Crippen LogP contribution in [0.5, 0.6) is 11.5 Å². The van der Waals surface area contributed by atoms with Gasteiger partial charge in [0, 0.05) is 6.54 Å². The molecule has 122 valence electrons. The van der Waals surface area contributed by atoms with Crippen molar-refractivity contribution in [3.05, 3.63) is 59.9 Å². The first-order valence-corrected chi connectivity index (χ1v) is 7.06. The van der Waals surface area contributed by atoms with Crippen LogP contribution in [0.3, 0.4) is 0 Å². The van der Waals surface area contributed by atoms with E-state index < -0.39 is 17.8 Å². The number of hydrogen-bond acceptors (Lipinski definition) is 4. The first-order valence-electron chi connectivity index (χ1n) is 7.06. The highest BCUT2D eigenvalue weighted by atomic mass is 19.1. The number of nitrogens with one attached hydrogen (secondary N) is 1. The Morgan fingerprint density at radius 1 is 1.26 bits per heavy atom. The van der Waals surface area contributed by atoms with Crippen LogP contribution < -0.4 is 14.8 Å². The van der Waals surface area contributed by atoms with Crippen molar-refractivity contribution in [1.82, 2.24) is 5.32 Å². The molecular formula is C17H18FNO4. The summed E-state index contributed by atoms with van der Waals surface area (Å²) in [6, 6.07) is 12.8. The maximum atomic E-state index is 13.3. The van der Waals surface area contributed by atoms with Crippen molar-refractivity contribution in [2.45, 2.75) is 6.10 Å².